The predicted molar refractivity (Wildman–Crippen MR) is 70.2 cm³/mol. The second-order valence-electron chi connectivity index (χ2n) is 3.18. The summed E-state index contributed by atoms with van der Waals surface area (Å²) in [6.07, 6.45) is 0. The Morgan fingerprint density at radius 2 is 2.06 bits per heavy atom. The van der Waals surface area contributed by atoms with E-state index in [0.29, 0.717) is 11.5 Å². The van der Waals surface area contributed by atoms with Crippen LogP contribution in [-0.4, -0.2) is 14.7 Å². The van der Waals surface area contributed by atoms with Crippen LogP contribution in [-0.2, 0) is 13.2 Å². The molecule has 0 radical (unpaired) electrons. The minimum Gasteiger partial charge on any atom is -0.399 e. The zero-order valence-corrected chi connectivity index (χ0v) is 10.5. The number of aryl methyl sites for hydroxylation is 1. The summed E-state index contributed by atoms with van der Waals surface area (Å²) < 4.78 is 1.98. The Morgan fingerprint density at radius 1 is 1.38 bits per heavy atom. The SMILES string of the molecule is CCn1c(CO)nc2cc(N)ccc21.Cl.Cl. The Morgan fingerprint density at radius 3 is 2.62 bits per heavy atom. The van der Waals surface area contributed by atoms with Gasteiger partial charge in [-0.15, -0.1) is 24.8 Å². The number of benzene rings is 1. The molecule has 0 unspecified atom stereocenters. The van der Waals surface area contributed by atoms with E-state index in [1.165, 1.54) is 0 Å². The van der Waals surface area contributed by atoms with Crippen molar-refractivity contribution in [2.75, 3.05) is 5.73 Å². The number of hydrogen-bond donors (Lipinski definition) is 2. The molecule has 0 aliphatic carbocycles. The van der Waals surface area contributed by atoms with Crippen molar-refractivity contribution < 1.29 is 5.11 Å². The van der Waals surface area contributed by atoms with E-state index in [1.807, 2.05) is 29.7 Å². The summed E-state index contributed by atoms with van der Waals surface area (Å²) in [6, 6.07) is 5.60. The third-order valence-corrected chi connectivity index (χ3v) is 2.31. The lowest BCUT2D eigenvalue weighted by atomic mass is 10.3. The number of anilines is 1. The average Bonchev–Trinajstić information content (AvgIpc) is 2.54. The molecule has 0 saturated carbocycles. The fourth-order valence-corrected chi connectivity index (χ4v) is 1.67. The smallest absolute Gasteiger partial charge is 0.135 e. The number of aliphatic hydroxyl groups excluding tert-OH is 1. The summed E-state index contributed by atoms with van der Waals surface area (Å²) >= 11 is 0. The first-order valence-corrected chi connectivity index (χ1v) is 4.61. The Hall–Kier alpha value is -0.970. The highest BCUT2D eigenvalue weighted by atomic mass is 35.5. The lowest BCUT2D eigenvalue weighted by molar-refractivity contribution is 0.266. The van der Waals surface area contributed by atoms with Crippen molar-refractivity contribution in [3.05, 3.63) is 24.0 Å². The molecule has 6 heteroatoms. The van der Waals surface area contributed by atoms with Crippen LogP contribution in [0.5, 0.6) is 0 Å². The van der Waals surface area contributed by atoms with Gasteiger partial charge in [-0.3, -0.25) is 0 Å². The number of rotatable bonds is 2. The first-order chi connectivity index (χ1) is 6.76. The van der Waals surface area contributed by atoms with Crippen molar-refractivity contribution in [2.24, 2.45) is 0 Å². The normalized spacial score (nSPS) is 9.62. The summed E-state index contributed by atoms with van der Waals surface area (Å²) in [5, 5.41) is 9.11. The Kier molecular flexibility index (Phi) is 5.58. The quantitative estimate of drug-likeness (QED) is 0.815. The van der Waals surface area contributed by atoms with E-state index >= 15 is 0 Å². The van der Waals surface area contributed by atoms with Crippen LogP contribution in [0.2, 0.25) is 0 Å². The van der Waals surface area contributed by atoms with Crippen molar-refractivity contribution in [3.8, 4) is 0 Å². The lowest BCUT2D eigenvalue weighted by Gasteiger charge is -2.02. The maximum atomic E-state index is 9.11. The van der Waals surface area contributed by atoms with E-state index < -0.39 is 0 Å². The van der Waals surface area contributed by atoms with Crippen molar-refractivity contribution in [1.29, 1.82) is 0 Å². The zero-order chi connectivity index (χ0) is 10.1. The van der Waals surface area contributed by atoms with Gasteiger partial charge in [0, 0.05) is 12.2 Å². The second-order valence-corrected chi connectivity index (χ2v) is 3.18. The minimum absolute atomic E-state index is 0. The molecule has 1 aromatic carbocycles. The van der Waals surface area contributed by atoms with E-state index in [2.05, 4.69) is 4.98 Å². The fourth-order valence-electron chi connectivity index (χ4n) is 1.67. The summed E-state index contributed by atoms with van der Waals surface area (Å²) in [4.78, 5) is 4.30. The molecule has 3 N–H and O–H groups in total. The van der Waals surface area contributed by atoms with Gasteiger partial charge in [0.1, 0.15) is 12.4 Å². The van der Waals surface area contributed by atoms with E-state index in [0.717, 1.165) is 17.6 Å². The zero-order valence-electron chi connectivity index (χ0n) is 8.88. The Bertz CT molecular complexity index is 470. The highest BCUT2D eigenvalue weighted by Gasteiger charge is 2.07. The number of imidazole rings is 1. The molecule has 90 valence electrons. The van der Waals surface area contributed by atoms with Gasteiger partial charge >= 0.3 is 0 Å². The van der Waals surface area contributed by atoms with Gasteiger partial charge in [-0.2, -0.15) is 0 Å². The molecule has 16 heavy (non-hydrogen) atoms. The first kappa shape index (κ1) is 15.0. The third kappa shape index (κ3) is 2.40. The van der Waals surface area contributed by atoms with Gasteiger partial charge in [0.2, 0.25) is 0 Å². The third-order valence-electron chi connectivity index (χ3n) is 2.31. The van der Waals surface area contributed by atoms with E-state index in [4.69, 9.17) is 10.8 Å². The molecule has 2 aromatic rings. The van der Waals surface area contributed by atoms with Crippen LogP contribution < -0.4 is 5.73 Å². The molecule has 0 bridgehead atoms. The largest absolute Gasteiger partial charge is 0.399 e. The van der Waals surface area contributed by atoms with Crippen molar-refractivity contribution in [2.45, 2.75) is 20.1 Å². The standard InChI is InChI=1S/C10H13N3O.2ClH/c1-2-13-9-4-3-7(11)5-8(9)12-10(13)6-14;;/h3-5,14H,2,6,11H2,1H3;2*1H. The van der Waals surface area contributed by atoms with Crippen molar-refractivity contribution >= 4 is 41.5 Å². The molecule has 0 aliphatic rings. The van der Waals surface area contributed by atoms with E-state index in [9.17, 15) is 0 Å². The molecule has 1 aromatic heterocycles. The predicted octanol–water partition coefficient (Wildman–Crippen LogP) is 1.97. The van der Waals surface area contributed by atoms with Crippen LogP contribution in [0.15, 0.2) is 18.2 Å². The maximum Gasteiger partial charge on any atom is 0.135 e. The van der Waals surface area contributed by atoms with Gasteiger partial charge in [-0.25, -0.2) is 4.98 Å². The van der Waals surface area contributed by atoms with Gasteiger partial charge in [0.05, 0.1) is 11.0 Å². The van der Waals surface area contributed by atoms with Gasteiger partial charge in [-0.1, -0.05) is 0 Å². The van der Waals surface area contributed by atoms with Crippen molar-refractivity contribution in [1.82, 2.24) is 9.55 Å². The van der Waals surface area contributed by atoms with Gasteiger partial charge in [0.25, 0.3) is 0 Å². The van der Waals surface area contributed by atoms with E-state index in [1.54, 1.807) is 0 Å². The lowest BCUT2D eigenvalue weighted by Crippen LogP contribution is -2.00. The minimum atomic E-state index is -0.0393. The number of halogens is 2. The molecule has 1 heterocycles. The highest BCUT2D eigenvalue weighted by molar-refractivity contribution is 5.85. The van der Waals surface area contributed by atoms with Crippen LogP contribution in [0.3, 0.4) is 0 Å². The van der Waals surface area contributed by atoms with Crippen molar-refractivity contribution in [3.63, 3.8) is 0 Å². The molecule has 0 atom stereocenters. The summed E-state index contributed by atoms with van der Waals surface area (Å²) in [6.45, 7) is 2.79. The molecule has 2 rings (SSSR count). The van der Waals surface area contributed by atoms with Crippen LogP contribution in [0, 0.1) is 0 Å². The topological polar surface area (TPSA) is 64.1 Å². The number of fused-ring (bicyclic) bond motifs is 1. The first-order valence-electron chi connectivity index (χ1n) is 4.61. The molecule has 0 spiro atoms. The van der Waals surface area contributed by atoms with E-state index in [-0.39, 0.29) is 31.4 Å². The van der Waals surface area contributed by atoms with Crippen LogP contribution >= 0.6 is 24.8 Å². The van der Waals surface area contributed by atoms with Crippen LogP contribution in [0.1, 0.15) is 12.7 Å². The molecule has 4 nitrogen and oxygen atoms in total. The molecule has 0 saturated heterocycles. The Labute approximate surface area is 106 Å². The fraction of sp³-hybridized carbons (Fsp3) is 0.300. The molecular formula is C10H15Cl2N3O. The van der Waals surface area contributed by atoms with Crippen LogP contribution in [0.25, 0.3) is 11.0 Å². The number of aliphatic hydroxyl groups is 1. The van der Waals surface area contributed by atoms with Crippen LogP contribution in [0.4, 0.5) is 5.69 Å². The molecule has 0 amide bonds. The number of hydrogen-bond acceptors (Lipinski definition) is 3. The monoisotopic (exact) mass is 263 g/mol. The van der Waals surface area contributed by atoms with Gasteiger partial charge in [0.15, 0.2) is 0 Å². The Balaban J connectivity index is 0.00000112. The average molecular weight is 264 g/mol. The molecule has 0 fully saturated rings. The highest BCUT2D eigenvalue weighted by Crippen LogP contribution is 2.18. The summed E-state index contributed by atoms with van der Waals surface area (Å²) in [5.41, 5.74) is 8.21. The van der Waals surface area contributed by atoms with Gasteiger partial charge < -0.3 is 15.4 Å². The second kappa shape index (κ2) is 5.94. The number of nitrogen functional groups attached to an aromatic ring is 1. The number of nitrogens with zero attached hydrogens (tertiary/aromatic N) is 2. The summed E-state index contributed by atoms with van der Waals surface area (Å²) in [5.74, 6) is 0.688. The maximum absolute atomic E-state index is 9.11. The van der Waals surface area contributed by atoms with Gasteiger partial charge in [-0.05, 0) is 25.1 Å². The molecular weight excluding hydrogens is 249 g/mol. The number of nitrogens with two attached hydrogens (primary N) is 1. The summed E-state index contributed by atoms with van der Waals surface area (Å²) in [7, 11) is 0. The molecule has 0 aliphatic heterocycles. The number of aromatic nitrogens is 2.